The summed E-state index contributed by atoms with van der Waals surface area (Å²) in [6, 6.07) is 0.461. The molecule has 0 aromatic heterocycles. The van der Waals surface area contributed by atoms with Crippen molar-refractivity contribution in [3.63, 3.8) is 0 Å². The highest BCUT2D eigenvalue weighted by atomic mass is 16.5. The van der Waals surface area contributed by atoms with E-state index >= 15 is 0 Å². The molecule has 1 aliphatic carbocycles. The monoisotopic (exact) mass is 257 g/mol. The molecule has 1 fully saturated rings. The second-order valence-corrected chi connectivity index (χ2v) is 5.26. The number of hydrogen-bond donors (Lipinski definition) is 1. The topological polar surface area (TPSA) is 49.8 Å². The van der Waals surface area contributed by atoms with Crippen molar-refractivity contribution in [2.75, 3.05) is 20.2 Å². The second-order valence-electron chi connectivity index (χ2n) is 5.26. The first-order chi connectivity index (χ1) is 8.51. The maximum atomic E-state index is 10.6. The molecule has 2 atom stereocenters. The normalized spacial score (nSPS) is 26.1. The zero-order valence-corrected chi connectivity index (χ0v) is 12.1. The van der Waals surface area contributed by atoms with Crippen molar-refractivity contribution in [1.29, 1.82) is 0 Å². The van der Waals surface area contributed by atoms with E-state index in [9.17, 15) is 4.79 Å². The van der Waals surface area contributed by atoms with Crippen LogP contribution < -0.4 is 0 Å². The largest absolute Gasteiger partial charge is 0.481 e. The highest BCUT2D eigenvalue weighted by Gasteiger charge is 2.54. The Morgan fingerprint density at radius 2 is 2.00 bits per heavy atom. The summed E-state index contributed by atoms with van der Waals surface area (Å²) >= 11 is 0. The van der Waals surface area contributed by atoms with Crippen LogP contribution in [0.5, 0.6) is 0 Å². The molecule has 1 rings (SSSR count). The van der Waals surface area contributed by atoms with Gasteiger partial charge in [0, 0.05) is 24.6 Å². The fraction of sp³-hybridized carbons (Fsp3) is 0.929. The summed E-state index contributed by atoms with van der Waals surface area (Å²) in [6.07, 6.45) is 3.78. The van der Waals surface area contributed by atoms with Gasteiger partial charge in [-0.25, -0.2) is 0 Å². The molecule has 1 saturated carbocycles. The number of aliphatic carboxylic acids is 1. The van der Waals surface area contributed by atoms with E-state index in [1.165, 1.54) is 0 Å². The van der Waals surface area contributed by atoms with Crippen LogP contribution in [0.25, 0.3) is 0 Å². The summed E-state index contributed by atoms with van der Waals surface area (Å²) in [6.45, 7) is 7.86. The van der Waals surface area contributed by atoms with Crippen LogP contribution in [0.3, 0.4) is 0 Å². The maximum absolute atomic E-state index is 10.6. The fourth-order valence-electron chi connectivity index (χ4n) is 3.38. The van der Waals surface area contributed by atoms with E-state index in [0.717, 1.165) is 25.9 Å². The minimum absolute atomic E-state index is 0.212. The van der Waals surface area contributed by atoms with Gasteiger partial charge in [-0.1, -0.05) is 13.8 Å². The molecule has 0 aromatic rings. The van der Waals surface area contributed by atoms with E-state index in [1.807, 2.05) is 14.0 Å². The van der Waals surface area contributed by atoms with Crippen molar-refractivity contribution in [2.24, 2.45) is 5.41 Å². The number of nitrogens with zero attached hydrogens (tertiary/aromatic N) is 1. The van der Waals surface area contributed by atoms with E-state index in [-0.39, 0.29) is 11.8 Å². The van der Waals surface area contributed by atoms with Gasteiger partial charge in [0.05, 0.1) is 12.5 Å². The van der Waals surface area contributed by atoms with Gasteiger partial charge < -0.3 is 14.7 Å². The lowest BCUT2D eigenvalue weighted by Crippen LogP contribution is -2.63. The van der Waals surface area contributed by atoms with Crippen molar-refractivity contribution in [3.8, 4) is 0 Å². The molecule has 0 amide bonds. The van der Waals surface area contributed by atoms with Gasteiger partial charge >= 0.3 is 5.97 Å². The molecule has 0 unspecified atom stereocenters. The summed E-state index contributed by atoms with van der Waals surface area (Å²) in [5, 5.41) is 8.76. The third kappa shape index (κ3) is 2.86. The van der Waals surface area contributed by atoms with Gasteiger partial charge in [0.2, 0.25) is 0 Å². The molecular weight excluding hydrogens is 230 g/mol. The molecule has 0 radical (unpaired) electrons. The van der Waals surface area contributed by atoms with Gasteiger partial charge in [-0.05, 0) is 33.2 Å². The zero-order valence-electron chi connectivity index (χ0n) is 12.1. The molecule has 0 bridgehead atoms. The van der Waals surface area contributed by atoms with E-state index < -0.39 is 5.97 Å². The first kappa shape index (κ1) is 15.4. The Morgan fingerprint density at radius 3 is 2.44 bits per heavy atom. The van der Waals surface area contributed by atoms with E-state index in [1.54, 1.807) is 0 Å². The molecule has 0 saturated heterocycles. The Hall–Kier alpha value is -0.610. The maximum Gasteiger partial charge on any atom is 0.304 e. The number of hydrogen-bond acceptors (Lipinski definition) is 3. The van der Waals surface area contributed by atoms with Crippen molar-refractivity contribution in [1.82, 2.24) is 4.90 Å². The van der Waals surface area contributed by atoms with Crippen LogP contribution in [0, 0.1) is 5.41 Å². The Balaban J connectivity index is 2.63. The number of carboxylic acid groups (broad SMARTS) is 1. The van der Waals surface area contributed by atoms with E-state index in [4.69, 9.17) is 9.84 Å². The Morgan fingerprint density at radius 1 is 1.39 bits per heavy atom. The van der Waals surface area contributed by atoms with Gasteiger partial charge in [0.15, 0.2) is 0 Å². The summed E-state index contributed by atoms with van der Waals surface area (Å²) in [7, 11) is 2.04. The first-order valence-electron chi connectivity index (χ1n) is 7.05. The molecule has 0 aromatic carbocycles. The summed E-state index contributed by atoms with van der Waals surface area (Å²) in [5.41, 5.74) is 0.212. The molecular formula is C14H27NO3. The van der Waals surface area contributed by atoms with Crippen LogP contribution >= 0.6 is 0 Å². The molecule has 106 valence electrons. The molecule has 1 aliphatic rings. The van der Waals surface area contributed by atoms with Crippen LogP contribution in [0.1, 0.15) is 46.5 Å². The number of rotatable bonds is 8. The predicted octanol–water partition coefficient (Wildman–Crippen LogP) is 2.38. The second kappa shape index (κ2) is 6.53. The van der Waals surface area contributed by atoms with Crippen LogP contribution in [-0.4, -0.2) is 48.3 Å². The van der Waals surface area contributed by atoms with Crippen LogP contribution in [-0.2, 0) is 9.53 Å². The first-order valence-corrected chi connectivity index (χ1v) is 7.05. The van der Waals surface area contributed by atoms with Crippen molar-refractivity contribution in [2.45, 2.75) is 58.6 Å². The van der Waals surface area contributed by atoms with Crippen molar-refractivity contribution in [3.05, 3.63) is 0 Å². The fourth-order valence-corrected chi connectivity index (χ4v) is 3.38. The predicted molar refractivity (Wildman–Crippen MR) is 71.7 cm³/mol. The Labute approximate surface area is 110 Å². The summed E-state index contributed by atoms with van der Waals surface area (Å²) in [5.74, 6) is -0.721. The number of carboxylic acids is 1. The highest BCUT2D eigenvalue weighted by Crippen LogP contribution is 2.51. The van der Waals surface area contributed by atoms with Gasteiger partial charge in [-0.2, -0.15) is 0 Å². The van der Waals surface area contributed by atoms with E-state index in [0.29, 0.717) is 18.7 Å². The highest BCUT2D eigenvalue weighted by molar-refractivity contribution is 5.66. The van der Waals surface area contributed by atoms with Gasteiger partial charge in [-0.15, -0.1) is 0 Å². The smallest absolute Gasteiger partial charge is 0.304 e. The lowest BCUT2D eigenvalue weighted by Gasteiger charge is -2.58. The average molecular weight is 257 g/mol. The molecule has 0 heterocycles. The summed E-state index contributed by atoms with van der Waals surface area (Å²) < 4.78 is 5.84. The average Bonchev–Trinajstić information content (AvgIpc) is 2.33. The lowest BCUT2D eigenvalue weighted by atomic mass is 9.58. The third-order valence-corrected chi connectivity index (χ3v) is 4.64. The van der Waals surface area contributed by atoms with Crippen molar-refractivity contribution < 1.29 is 14.6 Å². The van der Waals surface area contributed by atoms with Gasteiger partial charge in [-0.3, -0.25) is 4.79 Å². The molecule has 1 N–H and O–H groups in total. The number of carbonyl (C=O) groups is 1. The molecule has 0 spiro atoms. The minimum atomic E-state index is -0.721. The Kier molecular flexibility index (Phi) is 5.60. The van der Waals surface area contributed by atoms with Crippen LogP contribution in [0.15, 0.2) is 0 Å². The molecule has 4 nitrogen and oxygen atoms in total. The van der Waals surface area contributed by atoms with Crippen molar-refractivity contribution >= 4 is 5.97 Å². The SMILES string of the molecule is CCO[C@H]1C[C@@H](N(C)CCC(=O)O)C1(CC)CC. The molecule has 18 heavy (non-hydrogen) atoms. The van der Waals surface area contributed by atoms with E-state index in [2.05, 4.69) is 18.7 Å². The Bertz CT molecular complexity index is 276. The molecule has 4 heteroatoms. The minimum Gasteiger partial charge on any atom is -0.481 e. The van der Waals surface area contributed by atoms with Crippen LogP contribution in [0.4, 0.5) is 0 Å². The number of ether oxygens (including phenoxy) is 1. The quantitative estimate of drug-likeness (QED) is 0.725. The van der Waals surface area contributed by atoms with Gasteiger partial charge in [0.25, 0.3) is 0 Å². The zero-order chi connectivity index (χ0) is 13.8. The summed E-state index contributed by atoms with van der Waals surface area (Å²) in [4.78, 5) is 12.9. The standard InChI is InChI=1S/C14H27NO3/c1-5-14(6-2)11(10-12(14)18-7-3)15(4)9-8-13(16)17/h11-12H,5-10H2,1-4H3,(H,16,17)/t11-,12+/m1/s1. The van der Waals surface area contributed by atoms with Crippen LogP contribution in [0.2, 0.25) is 0 Å². The molecule has 0 aliphatic heterocycles. The van der Waals surface area contributed by atoms with Gasteiger partial charge in [0.1, 0.15) is 0 Å². The lowest BCUT2D eigenvalue weighted by molar-refractivity contribution is -0.168. The third-order valence-electron chi connectivity index (χ3n) is 4.64.